The van der Waals surface area contributed by atoms with E-state index in [1.54, 1.807) is 0 Å². The minimum atomic E-state index is -5.25. The van der Waals surface area contributed by atoms with Crippen LogP contribution in [0.3, 0.4) is 0 Å². The molecule has 2 heterocycles. The molecule has 0 aliphatic carbocycles. The number of aromatic nitrogens is 3. The van der Waals surface area contributed by atoms with Gasteiger partial charge in [0.1, 0.15) is 11.3 Å². The van der Waals surface area contributed by atoms with Crippen molar-refractivity contribution in [1.29, 1.82) is 0 Å². The van der Waals surface area contributed by atoms with Gasteiger partial charge in [0.05, 0.1) is 5.52 Å². The van der Waals surface area contributed by atoms with Gasteiger partial charge in [-0.05, 0) is 19.1 Å². The summed E-state index contributed by atoms with van der Waals surface area (Å²) in [7, 11) is 0. The molecule has 2 aromatic heterocycles. The molecule has 0 saturated heterocycles. The molecule has 10 heteroatoms. The number of carbonyl (C=O) groups excluding carboxylic acids is 1. The number of Topliss-reactive ketones (excluding diaryl/α,β-unsaturated/α-hetero) is 1. The second kappa shape index (κ2) is 5.36. The zero-order valence-electron chi connectivity index (χ0n) is 12.3. The van der Waals surface area contributed by atoms with E-state index >= 15 is 0 Å². The van der Waals surface area contributed by atoms with Crippen LogP contribution in [-0.4, -0.2) is 26.9 Å². The highest BCUT2D eigenvalue weighted by atomic mass is 19.4. The zero-order chi connectivity index (χ0) is 18.6. The van der Waals surface area contributed by atoms with Crippen LogP contribution < -0.4 is 0 Å². The number of carbonyl (C=O) groups is 1. The highest BCUT2D eigenvalue weighted by molar-refractivity contribution is 6.17. The van der Waals surface area contributed by atoms with Crippen LogP contribution in [-0.2, 0) is 6.18 Å². The van der Waals surface area contributed by atoms with Crippen molar-refractivity contribution in [2.45, 2.75) is 19.3 Å². The van der Waals surface area contributed by atoms with Crippen molar-refractivity contribution >= 4 is 27.6 Å². The van der Waals surface area contributed by atoms with Crippen molar-refractivity contribution < 1.29 is 31.1 Å². The minimum Gasteiger partial charge on any atom is -0.284 e. The monoisotopic (exact) mass is 359 g/mol. The van der Waals surface area contributed by atoms with Crippen LogP contribution in [0.2, 0.25) is 0 Å². The quantitative estimate of drug-likeness (QED) is 0.370. The summed E-state index contributed by atoms with van der Waals surface area (Å²) < 4.78 is 78.3. The summed E-state index contributed by atoms with van der Waals surface area (Å²) in [6.45, 7) is 1.22. The number of hydrogen-bond acceptors (Lipinski definition) is 4. The van der Waals surface area contributed by atoms with Crippen LogP contribution in [0.25, 0.3) is 21.8 Å². The molecule has 0 atom stereocenters. The molecule has 0 fully saturated rings. The second-order valence-electron chi connectivity index (χ2n) is 5.16. The third-order valence-electron chi connectivity index (χ3n) is 3.44. The van der Waals surface area contributed by atoms with Crippen LogP contribution in [0.4, 0.5) is 26.3 Å². The second-order valence-corrected chi connectivity index (χ2v) is 5.16. The standard InChI is InChI=1S/C15H7F6N3O/c1-6-23-11-9(12(24-6)14(16,17)18)5-8(13(25)15(19,20)21)7-3-2-4-22-10(7)11/h2-5H,1H3. The smallest absolute Gasteiger partial charge is 0.284 e. The van der Waals surface area contributed by atoms with Gasteiger partial charge in [0.25, 0.3) is 5.78 Å². The van der Waals surface area contributed by atoms with Gasteiger partial charge in [0.2, 0.25) is 0 Å². The van der Waals surface area contributed by atoms with E-state index in [0.29, 0.717) is 6.07 Å². The van der Waals surface area contributed by atoms with Crippen molar-refractivity contribution in [1.82, 2.24) is 15.0 Å². The Bertz CT molecular complexity index is 1010. The molecule has 0 unspecified atom stereocenters. The summed E-state index contributed by atoms with van der Waals surface area (Å²) in [6.07, 6.45) is -9.00. The van der Waals surface area contributed by atoms with E-state index in [2.05, 4.69) is 15.0 Å². The Labute approximate surface area is 135 Å². The maximum absolute atomic E-state index is 13.2. The molecular weight excluding hydrogens is 352 g/mol. The van der Waals surface area contributed by atoms with Crippen LogP contribution in [0, 0.1) is 6.92 Å². The van der Waals surface area contributed by atoms with Gasteiger partial charge in [-0.2, -0.15) is 26.3 Å². The first-order valence-corrected chi connectivity index (χ1v) is 6.75. The van der Waals surface area contributed by atoms with Crippen molar-refractivity contribution in [3.8, 4) is 0 Å². The van der Waals surface area contributed by atoms with E-state index in [1.807, 2.05) is 0 Å². The Morgan fingerprint density at radius 2 is 1.68 bits per heavy atom. The van der Waals surface area contributed by atoms with Gasteiger partial charge in [0, 0.05) is 22.5 Å². The maximum atomic E-state index is 13.2. The molecule has 0 bridgehead atoms. The summed E-state index contributed by atoms with van der Waals surface area (Å²) in [6, 6.07) is 2.98. The number of ketones is 1. The zero-order valence-corrected chi connectivity index (χ0v) is 12.3. The summed E-state index contributed by atoms with van der Waals surface area (Å²) in [5.41, 5.74) is -2.85. The van der Waals surface area contributed by atoms with E-state index < -0.39 is 34.8 Å². The fraction of sp³-hybridized carbons (Fsp3) is 0.200. The number of benzene rings is 1. The molecule has 1 aromatic carbocycles. The summed E-state index contributed by atoms with van der Waals surface area (Å²) in [4.78, 5) is 22.7. The molecule has 0 saturated carbocycles. The van der Waals surface area contributed by atoms with Gasteiger partial charge >= 0.3 is 12.4 Å². The first kappa shape index (κ1) is 17.1. The largest absolute Gasteiger partial charge is 0.454 e. The Morgan fingerprint density at radius 3 is 2.28 bits per heavy atom. The molecule has 0 amide bonds. The lowest BCUT2D eigenvalue weighted by atomic mass is 9.99. The summed E-state index contributed by atoms with van der Waals surface area (Å²) >= 11 is 0. The lowest BCUT2D eigenvalue weighted by Gasteiger charge is -2.14. The molecule has 3 rings (SSSR count). The predicted molar refractivity (Wildman–Crippen MR) is 75.0 cm³/mol. The van der Waals surface area contributed by atoms with Gasteiger partial charge in [-0.3, -0.25) is 9.78 Å². The molecule has 4 nitrogen and oxygen atoms in total. The number of nitrogens with zero attached hydrogens (tertiary/aromatic N) is 3. The van der Waals surface area contributed by atoms with E-state index in [4.69, 9.17) is 0 Å². The van der Waals surface area contributed by atoms with E-state index in [-0.39, 0.29) is 22.2 Å². The number of pyridine rings is 1. The Kier molecular flexibility index (Phi) is 3.66. The van der Waals surface area contributed by atoms with Gasteiger partial charge in [-0.25, -0.2) is 9.97 Å². The Balaban J connectivity index is 2.53. The molecule has 0 aliphatic heterocycles. The van der Waals surface area contributed by atoms with E-state index in [1.165, 1.54) is 25.3 Å². The fourth-order valence-electron chi connectivity index (χ4n) is 2.49. The molecule has 25 heavy (non-hydrogen) atoms. The van der Waals surface area contributed by atoms with Crippen LogP contribution >= 0.6 is 0 Å². The number of halogens is 6. The number of hydrogen-bond donors (Lipinski definition) is 0. The molecule has 130 valence electrons. The Morgan fingerprint density at radius 1 is 1.00 bits per heavy atom. The van der Waals surface area contributed by atoms with Gasteiger partial charge in [-0.1, -0.05) is 6.07 Å². The first-order valence-electron chi connectivity index (χ1n) is 6.75. The predicted octanol–water partition coefficient (Wildman–Crippen LogP) is 4.25. The third-order valence-corrected chi connectivity index (χ3v) is 3.44. The lowest BCUT2D eigenvalue weighted by molar-refractivity contribution is -0.139. The van der Waals surface area contributed by atoms with Crippen LogP contribution in [0.1, 0.15) is 21.9 Å². The van der Waals surface area contributed by atoms with Crippen molar-refractivity contribution in [3.05, 3.63) is 41.5 Å². The molecule has 0 radical (unpaired) electrons. The van der Waals surface area contributed by atoms with E-state index in [9.17, 15) is 31.1 Å². The number of aryl methyl sites for hydroxylation is 1. The third kappa shape index (κ3) is 2.87. The number of alkyl halides is 6. The highest BCUT2D eigenvalue weighted by Crippen LogP contribution is 2.37. The minimum absolute atomic E-state index is 0.221. The molecular formula is C15H7F6N3O. The molecule has 3 aromatic rings. The summed E-state index contributed by atoms with van der Waals surface area (Å²) in [5.74, 6) is -2.48. The van der Waals surface area contributed by atoms with E-state index in [0.717, 1.165) is 0 Å². The maximum Gasteiger partial charge on any atom is 0.454 e. The number of fused-ring (bicyclic) bond motifs is 3. The molecule has 0 aliphatic rings. The van der Waals surface area contributed by atoms with Gasteiger partial charge in [0.15, 0.2) is 5.69 Å². The molecule has 0 spiro atoms. The fourth-order valence-corrected chi connectivity index (χ4v) is 2.49. The van der Waals surface area contributed by atoms with Crippen molar-refractivity contribution in [3.63, 3.8) is 0 Å². The SMILES string of the molecule is Cc1nc(C(F)(F)F)c2cc(C(=O)C(F)(F)F)c3cccnc3c2n1. The Hall–Kier alpha value is -2.78. The van der Waals surface area contributed by atoms with Gasteiger partial charge in [-0.15, -0.1) is 0 Å². The average Bonchev–Trinajstić information content (AvgIpc) is 2.51. The van der Waals surface area contributed by atoms with Crippen LogP contribution in [0.5, 0.6) is 0 Å². The van der Waals surface area contributed by atoms with Gasteiger partial charge < -0.3 is 0 Å². The highest BCUT2D eigenvalue weighted by Gasteiger charge is 2.41. The van der Waals surface area contributed by atoms with Crippen LogP contribution in [0.15, 0.2) is 24.4 Å². The van der Waals surface area contributed by atoms with Crippen molar-refractivity contribution in [2.75, 3.05) is 0 Å². The first-order chi connectivity index (χ1) is 11.5. The topological polar surface area (TPSA) is 55.7 Å². The summed E-state index contributed by atoms with van der Waals surface area (Å²) in [5, 5.41) is -0.944. The molecule has 0 N–H and O–H groups in total. The number of rotatable bonds is 1. The average molecular weight is 359 g/mol. The normalized spacial score (nSPS) is 12.8. The van der Waals surface area contributed by atoms with Crippen molar-refractivity contribution in [2.24, 2.45) is 0 Å². The lowest BCUT2D eigenvalue weighted by Crippen LogP contribution is -2.23.